The summed E-state index contributed by atoms with van der Waals surface area (Å²) in [6, 6.07) is 7.56. The zero-order valence-corrected chi connectivity index (χ0v) is 15.1. The maximum Gasteiger partial charge on any atom is 0.322 e. The molecule has 0 unspecified atom stereocenters. The summed E-state index contributed by atoms with van der Waals surface area (Å²) in [7, 11) is 0. The van der Waals surface area contributed by atoms with Gasteiger partial charge in [0.15, 0.2) is 0 Å². The zero-order valence-electron chi connectivity index (χ0n) is 15.1. The molecule has 6 heteroatoms. The smallest absolute Gasteiger partial charge is 0.322 e. The van der Waals surface area contributed by atoms with Crippen molar-refractivity contribution in [3.8, 4) is 5.75 Å². The van der Waals surface area contributed by atoms with Crippen LogP contribution in [0.15, 0.2) is 24.3 Å². The van der Waals surface area contributed by atoms with Crippen LogP contribution in [0.5, 0.6) is 5.75 Å². The number of nitrogens with one attached hydrogen (secondary N) is 2. The highest BCUT2D eigenvalue weighted by molar-refractivity contribution is 5.90. The molecule has 1 aromatic heterocycles. The first kappa shape index (κ1) is 17.3. The second-order valence-electron chi connectivity index (χ2n) is 6.51. The fourth-order valence-electron chi connectivity index (χ4n) is 3.44. The molecule has 134 valence electrons. The first-order valence-corrected chi connectivity index (χ1v) is 8.92. The van der Waals surface area contributed by atoms with Gasteiger partial charge < -0.3 is 15.0 Å². The Labute approximate surface area is 148 Å². The minimum absolute atomic E-state index is 0.0739. The number of nitrogens with zero attached hydrogens (tertiary/aromatic N) is 2. The number of aromatic nitrogens is 2. The summed E-state index contributed by atoms with van der Waals surface area (Å²) in [4.78, 5) is 14.7. The number of urea groups is 1. The number of H-pyrrole nitrogens is 1. The van der Waals surface area contributed by atoms with Gasteiger partial charge in [-0.3, -0.25) is 5.10 Å². The summed E-state index contributed by atoms with van der Waals surface area (Å²) >= 11 is 0. The van der Waals surface area contributed by atoms with Gasteiger partial charge in [0.2, 0.25) is 0 Å². The largest absolute Gasteiger partial charge is 0.494 e. The number of aryl methyl sites for hydroxylation is 2. The molecule has 6 nitrogen and oxygen atoms in total. The molecule has 1 atom stereocenters. The lowest BCUT2D eigenvalue weighted by molar-refractivity contribution is 0.207. The average Bonchev–Trinajstić information content (AvgIpc) is 3.19. The molecular weight excluding hydrogens is 316 g/mol. The van der Waals surface area contributed by atoms with Crippen LogP contribution in [0.25, 0.3) is 0 Å². The molecule has 2 aromatic rings. The summed E-state index contributed by atoms with van der Waals surface area (Å²) in [5, 5.41) is 10.3. The second kappa shape index (κ2) is 7.59. The minimum atomic E-state index is -0.0739. The number of rotatable bonds is 5. The maximum absolute atomic E-state index is 12.8. The first-order chi connectivity index (χ1) is 12.1. The van der Waals surface area contributed by atoms with Crippen molar-refractivity contribution in [1.82, 2.24) is 15.1 Å². The van der Waals surface area contributed by atoms with Gasteiger partial charge in [-0.25, -0.2) is 4.79 Å². The highest BCUT2D eigenvalue weighted by Gasteiger charge is 2.33. The Morgan fingerprint density at radius 2 is 2.28 bits per heavy atom. The molecule has 1 aromatic carbocycles. The van der Waals surface area contributed by atoms with Crippen molar-refractivity contribution in [2.45, 2.75) is 46.1 Å². The molecule has 0 bridgehead atoms. The standard InChI is InChI=1S/C19H26N4O2/c1-4-11-25-16-8-5-7-15(12-16)20-19(24)23-10-6-9-17(23)18-13(2)21-22-14(18)3/h5,7-8,12,17H,4,6,9-11H2,1-3H3,(H,20,24)(H,21,22)/t17-/m1/s1. The van der Waals surface area contributed by atoms with Gasteiger partial charge in [-0.05, 0) is 45.2 Å². The molecule has 0 spiro atoms. The molecule has 0 aliphatic carbocycles. The number of carbonyl (C=O) groups is 1. The number of anilines is 1. The third kappa shape index (κ3) is 3.78. The van der Waals surface area contributed by atoms with Crippen LogP contribution in [-0.4, -0.2) is 34.3 Å². The summed E-state index contributed by atoms with van der Waals surface area (Å²) < 4.78 is 5.64. The van der Waals surface area contributed by atoms with Crippen LogP contribution in [0.4, 0.5) is 10.5 Å². The molecule has 1 aliphatic heterocycles. The van der Waals surface area contributed by atoms with Crippen LogP contribution >= 0.6 is 0 Å². The van der Waals surface area contributed by atoms with Crippen molar-refractivity contribution in [3.05, 3.63) is 41.2 Å². The molecule has 0 saturated carbocycles. The fraction of sp³-hybridized carbons (Fsp3) is 0.474. The quantitative estimate of drug-likeness (QED) is 0.856. The van der Waals surface area contributed by atoms with Gasteiger partial charge in [0.05, 0.1) is 18.3 Å². The number of likely N-dealkylation sites (tertiary alicyclic amines) is 1. The van der Waals surface area contributed by atoms with Gasteiger partial charge in [0.1, 0.15) is 5.75 Å². The second-order valence-corrected chi connectivity index (χ2v) is 6.51. The van der Waals surface area contributed by atoms with E-state index in [1.807, 2.05) is 43.0 Å². The van der Waals surface area contributed by atoms with Crippen LogP contribution in [0, 0.1) is 13.8 Å². The third-order valence-electron chi connectivity index (χ3n) is 4.59. The Bertz CT molecular complexity index is 721. The number of benzene rings is 1. The monoisotopic (exact) mass is 342 g/mol. The molecule has 2 N–H and O–H groups in total. The van der Waals surface area contributed by atoms with E-state index >= 15 is 0 Å². The number of hydrogen-bond donors (Lipinski definition) is 2. The summed E-state index contributed by atoms with van der Waals surface area (Å²) in [5.74, 6) is 0.777. The normalized spacial score (nSPS) is 16.9. The highest BCUT2D eigenvalue weighted by Crippen LogP contribution is 2.35. The van der Waals surface area contributed by atoms with E-state index in [1.165, 1.54) is 0 Å². The Morgan fingerprint density at radius 3 is 3.00 bits per heavy atom. The SMILES string of the molecule is CCCOc1cccc(NC(=O)N2CCC[C@@H]2c2c(C)n[nH]c2C)c1. The Morgan fingerprint density at radius 1 is 1.44 bits per heavy atom. The van der Waals surface area contributed by atoms with E-state index in [1.54, 1.807) is 0 Å². The van der Waals surface area contributed by atoms with Crippen LogP contribution in [0.3, 0.4) is 0 Å². The van der Waals surface area contributed by atoms with E-state index in [2.05, 4.69) is 22.4 Å². The van der Waals surface area contributed by atoms with Gasteiger partial charge >= 0.3 is 6.03 Å². The Kier molecular flexibility index (Phi) is 5.26. The molecular formula is C19H26N4O2. The van der Waals surface area contributed by atoms with Crippen LogP contribution in [0.2, 0.25) is 0 Å². The molecule has 25 heavy (non-hydrogen) atoms. The maximum atomic E-state index is 12.8. The van der Waals surface area contributed by atoms with Crippen molar-refractivity contribution in [1.29, 1.82) is 0 Å². The number of aromatic amines is 1. The topological polar surface area (TPSA) is 70.2 Å². The highest BCUT2D eigenvalue weighted by atomic mass is 16.5. The van der Waals surface area contributed by atoms with Crippen LogP contribution < -0.4 is 10.1 Å². The average molecular weight is 342 g/mol. The van der Waals surface area contributed by atoms with Gasteiger partial charge in [-0.1, -0.05) is 13.0 Å². The molecule has 2 heterocycles. The van der Waals surface area contributed by atoms with E-state index in [0.717, 1.165) is 54.2 Å². The van der Waals surface area contributed by atoms with Gasteiger partial charge in [-0.15, -0.1) is 0 Å². The van der Waals surface area contributed by atoms with E-state index in [4.69, 9.17) is 4.74 Å². The van der Waals surface area contributed by atoms with Crippen molar-refractivity contribution < 1.29 is 9.53 Å². The molecule has 1 aliphatic rings. The summed E-state index contributed by atoms with van der Waals surface area (Å²) in [6.45, 7) is 7.50. The predicted molar refractivity (Wildman–Crippen MR) is 98.0 cm³/mol. The van der Waals surface area contributed by atoms with E-state index in [0.29, 0.717) is 6.61 Å². The summed E-state index contributed by atoms with van der Waals surface area (Å²) in [6.07, 6.45) is 2.92. The van der Waals surface area contributed by atoms with E-state index in [-0.39, 0.29) is 12.1 Å². The lowest BCUT2D eigenvalue weighted by Crippen LogP contribution is -2.34. The van der Waals surface area contributed by atoms with E-state index in [9.17, 15) is 4.79 Å². The zero-order chi connectivity index (χ0) is 17.8. The van der Waals surface area contributed by atoms with Crippen molar-refractivity contribution in [2.24, 2.45) is 0 Å². The van der Waals surface area contributed by atoms with Crippen LogP contribution in [0.1, 0.15) is 49.2 Å². The number of ether oxygens (including phenoxy) is 1. The van der Waals surface area contributed by atoms with Crippen LogP contribution in [-0.2, 0) is 0 Å². The molecule has 2 amide bonds. The Balaban J connectivity index is 1.72. The van der Waals surface area contributed by atoms with Crippen molar-refractivity contribution >= 4 is 11.7 Å². The third-order valence-corrected chi connectivity index (χ3v) is 4.59. The minimum Gasteiger partial charge on any atom is -0.494 e. The first-order valence-electron chi connectivity index (χ1n) is 8.92. The number of carbonyl (C=O) groups excluding carboxylic acids is 1. The van der Waals surface area contributed by atoms with E-state index < -0.39 is 0 Å². The predicted octanol–water partition coefficient (Wildman–Crippen LogP) is 4.18. The molecule has 1 saturated heterocycles. The van der Waals surface area contributed by atoms with Gasteiger partial charge in [0, 0.05) is 29.6 Å². The fourth-order valence-corrected chi connectivity index (χ4v) is 3.44. The number of amides is 2. The lowest BCUT2D eigenvalue weighted by atomic mass is 10.0. The Hall–Kier alpha value is -2.50. The summed E-state index contributed by atoms with van der Waals surface area (Å²) in [5.41, 5.74) is 3.91. The van der Waals surface area contributed by atoms with Crippen molar-refractivity contribution in [2.75, 3.05) is 18.5 Å². The molecule has 0 radical (unpaired) electrons. The van der Waals surface area contributed by atoms with Gasteiger partial charge in [-0.2, -0.15) is 5.10 Å². The molecule has 3 rings (SSSR count). The number of hydrogen-bond acceptors (Lipinski definition) is 3. The van der Waals surface area contributed by atoms with Gasteiger partial charge in [0.25, 0.3) is 0 Å². The molecule has 1 fully saturated rings. The van der Waals surface area contributed by atoms with Crippen molar-refractivity contribution in [3.63, 3.8) is 0 Å². The lowest BCUT2D eigenvalue weighted by Gasteiger charge is -2.25.